The van der Waals surface area contributed by atoms with Crippen molar-refractivity contribution in [2.24, 2.45) is 7.05 Å². The van der Waals surface area contributed by atoms with E-state index in [1.165, 1.54) is 35.1 Å². The Labute approximate surface area is 221 Å². The Bertz CT molecular complexity index is 1200. The Hall–Kier alpha value is -3.48. The summed E-state index contributed by atoms with van der Waals surface area (Å²) in [6.07, 6.45) is 14.3. The van der Waals surface area contributed by atoms with Gasteiger partial charge in [-0.25, -0.2) is 9.97 Å². The zero-order valence-electron chi connectivity index (χ0n) is 22.5. The maximum Gasteiger partial charge on any atom is 0.122 e. The van der Waals surface area contributed by atoms with Crippen LogP contribution < -0.4 is 0 Å². The zero-order chi connectivity index (χ0) is 25.9. The third-order valence-corrected chi connectivity index (χ3v) is 6.53. The minimum Gasteiger partial charge on any atom is -0.348 e. The molecule has 2 heterocycles. The number of rotatable bonds is 14. The molecule has 0 amide bonds. The number of nitrogens with one attached hydrogen (secondary N) is 1. The summed E-state index contributed by atoms with van der Waals surface area (Å²) < 4.78 is 2.07. The molecule has 1 N–H and O–H groups in total. The zero-order valence-corrected chi connectivity index (χ0v) is 22.5. The molecule has 4 aromatic rings. The average molecular weight is 497 g/mol. The predicted octanol–water partition coefficient (Wildman–Crippen LogP) is 6.14. The molecule has 0 fully saturated rings. The van der Waals surface area contributed by atoms with Gasteiger partial charge in [0.05, 0.1) is 13.1 Å². The Morgan fingerprint density at radius 2 is 1.32 bits per heavy atom. The molecular formula is C31H40N6. The van der Waals surface area contributed by atoms with Gasteiger partial charge in [-0.15, -0.1) is 0 Å². The molecule has 37 heavy (non-hydrogen) atoms. The van der Waals surface area contributed by atoms with E-state index in [1.54, 1.807) is 6.20 Å². The first kappa shape index (κ1) is 26.6. The van der Waals surface area contributed by atoms with Crippen molar-refractivity contribution < 1.29 is 0 Å². The maximum absolute atomic E-state index is 4.51. The fraction of sp³-hybridized carbons (Fsp3) is 0.355. The van der Waals surface area contributed by atoms with Gasteiger partial charge < -0.3 is 9.55 Å². The number of nitrogens with zero attached hydrogens (tertiary/aromatic N) is 5. The van der Waals surface area contributed by atoms with E-state index in [0.29, 0.717) is 0 Å². The van der Waals surface area contributed by atoms with Gasteiger partial charge in [-0.2, -0.15) is 0 Å². The SMILES string of the molecule is CCCN(CCC)Cc1ccc(/C=C/c2ccc(CN(Cc3ncc[nH]3)Cc3nccn3C)cc2)cc1. The highest BCUT2D eigenvalue weighted by atomic mass is 15.2. The second kappa shape index (κ2) is 13.7. The molecule has 2 aromatic carbocycles. The monoisotopic (exact) mass is 496 g/mol. The molecule has 6 nitrogen and oxygen atoms in total. The van der Waals surface area contributed by atoms with Crippen LogP contribution in [0.4, 0.5) is 0 Å². The molecule has 0 unspecified atom stereocenters. The predicted molar refractivity (Wildman–Crippen MR) is 152 cm³/mol. The average Bonchev–Trinajstić information content (AvgIpc) is 3.56. The van der Waals surface area contributed by atoms with Crippen molar-refractivity contribution in [3.8, 4) is 0 Å². The second-order valence-electron chi connectivity index (χ2n) is 9.73. The molecule has 0 aliphatic carbocycles. The van der Waals surface area contributed by atoms with E-state index in [4.69, 9.17) is 0 Å². The van der Waals surface area contributed by atoms with E-state index < -0.39 is 0 Å². The second-order valence-corrected chi connectivity index (χ2v) is 9.73. The Balaban J connectivity index is 1.35. The summed E-state index contributed by atoms with van der Waals surface area (Å²) >= 11 is 0. The number of aryl methyl sites for hydroxylation is 1. The summed E-state index contributed by atoms with van der Waals surface area (Å²) in [5, 5.41) is 0. The maximum atomic E-state index is 4.51. The topological polar surface area (TPSA) is 53.0 Å². The van der Waals surface area contributed by atoms with Crippen LogP contribution in [0.5, 0.6) is 0 Å². The van der Waals surface area contributed by atoms with Gasteiger partial charge in [-0.3, -0.25) is 9.80 Å². The Kier molecular flexibility index (Phi) is 9.86. The number of H-pyrrole nitrogens is 1. The van der Waals surface area contributed by atoms with Crippen LogP contribution >= 0.6 is 0 Å². The van der Waals surface area contributed by atoms with E-state index in [0.717, 1.165) is 50.9 Å². The number of benzene rings is 2. The summed E-state index contributed by atoms with van der Waals surface area (Å²) in [5.41, 5.74) is 5.08. The van der Waals surface area contributed by atoms with Gasteiger partial charge in [-0.1, -0.05) is 74.5 Å². The summed E-state index contributed by atoms with van der Waals surface area (Å²) in [5.74, 6) is 2.00. The number of aromatic amines is 1. The van der Waals surface area contributed by atoms with Crippen molar-refractivity contribution in [1.29, 1.82) is 0 Å². The van der Waals surface area contributed by atoms with Crippen LogP contribution in [0, 0.1) is 0 Å². The van der Waals surface area contributed by atoms with Crippen molar-refractivity contribution >= 4 is 12.2 Å². The first-order valence-electron chi connectivity index (χ1n) is 13.4. The van der Waals surface area contributed by atoms with Crippen LogP contribution in [0.15, 0.2) is 73.3 Å². The molecule has 0 saturated heterocycles. The van der Waals surface area contributed by atoms with Gasteiger partial charge in [0.2, 0.25) is 0 Å². The summed E-state index contributed by atoms with van der Waals surface area (Å²) in [6, 6.07) is 17.8. The minimum absolute atomic E-state index is 0.742. The van der Waals surface area contributed by atoms with E-state index >= 15 is 0 Å². The lowest BCUT2D eigenvalue weighted by Crippen LogP contribution is -2.24. The van der Waals surface area contributed by atoms with Crippen molar-refractivity contribution in [1.82, 2.24) is 29.3 Å². The van der Waals surface area contributed by atoms with Gasteiger partial charge in [0.25, 0.3) is 0 Å². The smallest absolute Gasteiger partial charge is 0.122 e. The fourth-order valence-electron chi connectivity index (χ4n) is 4.59. The van der Waals surface area contributed by atoms with Gasteiger partial charge in [0, 0.05) is 44.9 Å². The Morgan fingerprint density at radius 1 is 0.730 bits per heavy atom. The van der Waals surface area contributed by atoms with Crippen LogP contribution in [0.25, 0.3) is 12.2 Å². The first-order valence-corrected chi connectivity index (χ1v) is 13.4. The quantitative estimate of drug-likeness (QED) is 0.213. The molecule has 194 valence electrons. The van der Waals surface area contributed by atoms with E-state index in [-0.39, 0.29) is 0 Å². The normalized spacial score (nSPS) is 11.8. The molecule has 4 rings (SSSR count). The molecule has 0 saturated carbocycles. The molecule has 0 atom stereocenters. The van der Waals surface area contributed by atoms with Crippen LogP contribution in [0.2, 0.25) is 0 Å². The lowest BCUT2D eigenvalue weighted by Gasteiger charge is -2.21. The summed E-state index contributed by atoms with van der Waals surface area (Å²) in [4.78, 5) is 17.0. The van der Waals surface area contributed by atoms with Gasteiger partial charge in [0.15, 0.2) is 0 Å². The van der Waals surface area contributed by atoms with E-state index in [2.05, 4.69) is 104 Å². The van der Waals surface area contributed by atoms with Crippen molar-refractivity contribution in [2.45, 2.75) is 52.9 Å². The highest BCUT2D eigenvalue weighted by molar-refractivity contribution is 5.69. The number of imidazole rings is 2. The summed E-state index contributed by atoms with van der Waals surface area (Å²) in [6.45, 7) is 10.2. The van der Waals surface area contributed by atoms with Gasteiger partial charge in [0.1, 0.15) is 11.6 Å². The molecule has 6 heteroatoms. The first-order chi connectivity index (χ1) is 18.1. The van der Waals surface area contributed by atoms with Crippen LogP contribution in [-0.2, 0) is 33.2 Å². The van der Waals surface area contributed by atoms with Crippen LogP contribution in [-0.4, -0.2) is 42.4 Å². The molecule has 0 bridgehead atoms. The largest absolute Gasteiger partial charge is 0.348 e. The van der Waals surface area contributed by atoms with Gasteiger partial charge in [-0.05, 0) is 48.2 Å². The van der Waals surface area contributed by atoms with Gasteiger partial charge >= 0.3 is 0 Å². The van der Waals surface area contributed by atoms with Crippen molar-refractivity contribution in [3.05, 3.63) is 107 Å². The number of hydrogen-bond donors (Lipinski definition) is 1. The van der Waals surface area contributed by atoms with Crippen LogP contribution in [0.3, 0.4) is 0 Å². The standard InChI is InChI=1S/C31H40N6/c1-4-19-36(20-5-2)22-28-12-8-26(9-13-28)6-7-27-10-14-29(15-11-27)23-37(24-30-32-16-17-33-30)25-31-34-18-21-35(31)3/h6-18,21H,4-5,19-20,22-25H2,1-3H3,(H,32,33)/b7-6+. The minimum atomic E-state index is 0.742. The number of aromatic nitrogens is 4. The molecular weight excluding hydrogens is 456 g/mol. The van der Waals surface area contributed by atoms with Crippen LogP contribution in [0.1, 0.15) is 60.6 Å². The van der Waals surface area contributed by atoms with Crippen molar-refractivity contribution in [2.75, 3.05) is 13.1 Å². The molecule has 0 aliphatic rings. The van der Waals surface area contributed by atoms with E-state index in [9.17, 15) is 0 Å². The third kappa shape index (κ3) is 8.27. The number of hydrogen-bond acceptors (Lipinski definition) is 4. The fourth-order valence-corrected chi connectivity index (χ4v) is 4.59. The highest BCUT2D eigenvalue weighted by Gasteiger charge is 2.12. The van der Waals surface area contributed by atoms with Crippen molar-refractivity contribution in [3.63, 3.8) is 0 Å². The molecule has 2 aromatic heterocycles. The Morgan fingerprint density at radius 3 is 1.81 bits per heavy atom. The highest BCUT2D eigenvalue weighted by Crippen LogP contribution is 2.15. The lowest BCUT2D eigenvalue weighted by molar-refractivity contribution is 0.233. The molecule has 0 aliphatic heterocycles. The lowest BCUT2D eigenvalue weighted by atomic mass is 10.1. The molecule has 0 radical (unpaired) electrons. The third-order valence-electron chi connectivity index (χ3n) is 6.53. The molecule has 0 spiro atoms. The van der Waals surface area contributed by atoms with E-state index in [1.807, 2.05) is 25.6 Å². The summed E-state index contributed by atoms with van der Waals surface area (Å²) in [7, 11) is 2.04.